The van der Waals surface area contributed by atoms with Gasteiger partial charge in [0.25, 0.3) is 0 Å². The van der Waals surface area contributed by atoms with E-state index >= 15 is 0 Å². The predicted octanol–water partition coefficient (Wildman–Crippen LogP) is 2.33. The molecule has 1 saturated heterocycles. The van der Waals surface area contributed by atoms with E-state index in [1.165, 1.54) is 0 Å². The van der Waals surface area contributed by atoms with Gasteiger partial charge in [0.15, 0.2) is 9.84 Å². The van der Waals surface area contributed by atoms with E-state index in [1.807, 2.05) is 7.05 Å². The molecule has 1 N–H and O–H groups in total. The van der Waals surface area contributed by atoms with Crippen LogP contribution in [0.3, 0.4) is 0 Å². The normalized spacial score (nSPS) is 17.4. The molecule has 0 atom stereocenters. The summed E-state index contributed by atoms with van der Waals surface area (Å²) in [4.78, 5) is 2.65. The van der Waals surface area contributed by atoms with Gasteiger partial charge >= 0.3 is 0 Å². The molecule has 0 aromatic heterocycles. The standard InChI is InChI=1S/C14H21BrN2O2S.ClH/c1-16-13-6-8-17(9-7-13)10-11-20(18,19)14-4-2-12(15)3-5-14;/h2-5,13,16H,6-11H2,1H3;1H. The van der Waals surface area contributed by atoms with Crippen molar-refractivity contribution in [3.05, 3.63) is 28.7 Å². The molecular formula is C14H22BrClN2O2S. The number of likely N-dealkylation sites (tertiary alicyclic amines) is 1. The average Bonchev–Trinajstić information content (AvgIpc) is 2.46. The second-order valence-corrected chi connectivity index (χ2v) is 8.20. The maximum atomic E-state index is 12.3. The first kappa shape index (κ1) is 18.9. The minimum atomic E-state index is -3.17. The fourth-order valence-corrected chi connectivity index (χ4v) is 4.00. The van der Waals surface area contributed by atoms with E-state index in [1.54, 1.807) is 24.3 Å². The summed E-state index contributed by atoms with van der Waals surface area (Å²) in [5, 5.41) is 3.28. The van der Waals surface area contributed by atoms with Crippen LogP contribution in [-0.2, 0) is 9.84 Å². The molecular weight excluding hydrogens is 376 g/mol. The van der Waals surface area contributed by atoms with Gasteiger partial charge in [0, 0.05) is 17.1 Å². The van der Waals surface area contributed by atoms with Gasteiger partial charge in [-0.3, -0.25) is 0 Å². The van der Waals surface area contributed by atoms with Crippen molar-refractivity contribution in [1.29, 1.82) is 0 Å². The fraction of sp³-hybridized carbons (Fsp3) is 0.571. The smallest absolute Gasteiger partial charge is 0.179 e. The van der Waals surface area contributed by atoms with Gasteiger partial charge in [-0.2, -0.15) is 0 Å². The van der Waals surface area contributed by atoms with E-state index < -0.39 is 9.84 Å². The van der Waals surface area contributed by atoms with Crippen LogP contribution < -0.4 is 5.32 Å². The highest BCUT2D eigenvalue weighted by atomic mass is 79.9. The summed E-state index contributed by atoms with van der Waals surface area (Å²) in [5.74, 6) is 0.193. The van der Waals surface area contributed by atoms with Crippen LogP contribution in [0, 0.1) is 0 Å². The molecule has 1 fully saturated rings. The number of halogens is 2. The number of piperidine rings is 1. The summed E-state index contributed by atoms with van der Waals surface area (Å²) in [6.07, 6.45) is 2.18. The van der Waals surface area contributed by atoms with Gasteiger partial charge in [0.05, 0.1) is 10.6 Å². The van der Waals surface area contributed by atoms with Gasteiger partial charge in [-0.05, 0) is 57.2 Å². The fourth-order valence-electron chi connectivity index (χ4n) is 2.45. The summed E-state index contributed by atoms with van der Waals surface area (Å²) >= 11 is 3.32. The Bertz CT molecular complexity index is 528. The number of sulfone groups is 1. The molecule has 1 aromatic rings. The first-order chi connectivity index (χ1) is 9.51. The van der Waals surface area contributed by atoms with Gasteiger partial charge in [-0.1, -0.05) is 15.9 Å². The number of hydrogen-bond donors (Lipinski definition) is 1. The lowest BCUT2D eigenvalue weighted by Crippen LogP contribution is -2.42. The second-order valence-electron chi connectivity index (χ2n) is 5.18. The van der Waals surface area contributed by atoms with Crippen molar-refractivity contribution in [3.8, 4) is 0 Å². The van der Waals surface area contributed by atoms with Crippen molar-refractivity contribution in [2.24, 2.45) is 0 Å². The molecule has 0 aliphatic carbocycles. The summed E-state index contributed by atoms with van der Waals surface area (Å²) in [6, 6.07) is 7.44. The van der Waals surface area contributed by atoms with E-state index in [0.29, 0.717) is 17.5 Å². The Labute approximate surface area is 141 Å². The zero-order chi connectivity index (χ0) is 14.6. The highest BCUT2D eigenvalue weighted by Gasteiger charge is 2.20. The van der Waals surface area contributed by atoms with E-state index in [4.69, 9.17) is 0 Å². The third-order valence-corrected chi connectivity index (χ3v) is 6.08. The maximum absolute atomic E-state index is 12.3. The van der Waals surface area contributed by atoms with Crippen LogP contribution in [0.15, 0.2) is 33.6 Å². The Morgan fingerprint density at radius 3 is 2.33 bits per heavy atom. The number of hydrogen-bond acceptors (Lipinski definition) is 4. The average molecular weight is 398 g/mol. The highest BCUT2D eigenvalue weighted by Crippen LogP contribution is 2.17. The molecule has 1 aliphatic heterocycles. The number of nitrogens with zero attached hydrogens (tertiary/aromatic N) is 1. The summed E-state index contributed by atoms with van der Waals surface area (Å²) in [7, 11) is -1.19. The molecule has 7 heteroatoms. The third kappa shape index (κ3) is 5.53. The molecule has 4 nitrogen and oxygen atoms in total. The molecule has 21 heavy (non-hydrogen) atoms. The SMILES string of the molecule is CNC1CCN(CCS(=O)(=O)c2ccc(Br)cc2)CC1.Cl. The van der Waals surface area contributed by atoms with Crippen LogP contribution in [0.2, 0.25) is 0 Å². The van der Waals surface area contributed by atoms with Crippen molar-refractivity contribution >= 4 is 38.2 Å². The molecule has 0 bridgehead atoms. The van der Waals surface area contributed by atoms with Crippen LogP contribution >= 0.6 is 28.3 Å². The monoisotopic (exact) mass is 396 g/mol. The van der Waals surface area contributed by atoms with E-state index in [9.17, 15) is 8.42 Å². The zero-order valence-corrected chi connectivity index (χ0v) is 15.3. The molecule has 1 aliphatic rings. The van der Waals surface area contributed by atoms with E-state index in [0.717, 1.165) is 30.4 Å². The lowest BCUT2D eigenvalue weighted by Gasteiger charge is -2.31. The van der Waals surface area contributed by atoms with Crippen molar-refractivity contribution in [1.82, 2.24) is 10.2 Å². The molecule has 0 radical (unpaired) electrons. The summed E-state index contributed by atoms with van der Waals surface area (Å²) in [5.41, 5.74) is 0. The molecule has 1 heterocycles. The van der Waals surface area contributed by atoms with Gasteiger partial charge in [-0.15, -0.1) is 12.4 Å². The van der Waals surface area contributed by atoms with Gasteiger partial charge in [0.1, 0.15) is 0 Å². The summed E-state index contributed by atoms with van der Waals surface area (Å²) < 4.78 is 25.4. The maximum Gasteiger partial charge on any atom is 0.179 e. The lowest BCUT2D eigenvalue weighted by molar-refractivity contribution is 0.211. The lowest BCUT2D eigenvalue weighted by atomic mass is 10.1. The van der Waals surface area contributed by atoms with Crippen LogP contribution in [0.5, 0.6) is 0 Å². The van der Waals surface area contributed by atoms with Crippen molar-refractivity contribution in [2.75, 3.05) is 32.4 Å². The first-order valence-electron chi connectivity index (χ1n) is 6.89. The van der Waals surface area contributed by atoms with E-state index in [2.05, 4.69) is 26.1 Å². The van der Waals surface area contributed by atoms with E-state index in [-0.39, 0.29) is 18.2 Å². The van der Waals surface area contributed by atoms with Crippen molar-refractivity contribution in [2.45, 2.75) is 23.8 Å². The van der Waals surface area contributed by atoms with Crippen LogP contribution in [0.25, 0.3) is 0 Å². The van der Waals surface area contributed by atoms with Gasteiger partial charge in [0.2, 0.25) is 0 Å². The molecule has 0 amide bonds. The topological polar surface area (TPSA) is 49.4 Å². The number of benzene rings is 1. The van der Waals surface area contributed by atoms with Crippen molar-refractivity contribution in [3.63, 3.8) is 0 Å². The molecule has 120 valence electrons. The quantitative estimate of drug-likeness (QED) is 0.828. The number of nitrogens with one attached hydrogen (secondary N) is 1. The molecule has 0 unspecified atom stereocenters. The Hall–Kier alpha value is -0.140. The Morgan fingerprint density at radius 2 is 1.81 bits per heavy atom. The van der Waals surface area contributed by atoms with Crippen LogP contribution in [0.4, 0.5) is 0 Å². The zero-order valence-electron chi connectivity index (χ0n) is 12.1. The molecule has 0 saturated carbocycles. The molecule has 2 rings (SSSR count). The van der Waals surface area contributed by atoms with Crippen LogP contribution in [0.1, 0.15) is 12.8 Å². The summed E-state index contributed by atoms with van der Waals surface area (Å²) in [6.45, 7) is 2.57. The minimum Gasteiger partial charge on any atom is -0.317 e. The largest absolute Gasteiger partial charge is 0.317 e. The highest BCUT2D eigenvalue weighted by molar-refractivity contribution is 9.10. The number of rotatable bonds is 5. The Balaban J connectivity index is 0.00000220. The van der Waals surface area contributed by atoms with Crippen LogP contribution in [-0.4, -0.2) is 51.8 Å². The van der Waals surface area contributed by atoms with Gasteiger partial charge < -0.3 is 10.2 Å². The molecule has 0 spiro atoms. The minimum absolute atomic E-state index is 0. The first-order valence-corrected chi connectivity index (χ1v) is 9.34. The predicted molar refractivity (Wildman–Crippen MR) is 92.0 cm³/mol. The Kier molecular flexibility index (Phi) is 7.64. The van der Waals surface area contributed by atoms with Crippen molar-refractivity contribution < 1.29 is 8.42 Å². The Morgan fingerprint density at radius 1 is 1.24 bits per heavy atom. The molecule has 1 aromatic carbocycles. The van der Waals surface area contributed by atoms with Gasteiger partial charge in [-0.25, -0.2) is 8.42 Å². The second kappa shape index (κ2) is 8.48. The third-order valence-electron chi connectivity index (χ3n) is 3.84.